The second kappa shape index (κ2) is 13.6. The molecule has 1 aliphatic heterocycles. The van der Waals surface area contributed by atoms with Gasteiger partial charge in [0.25, 0.3) is 0 Å². The molecule has 1 aliphatic rings. The molecule has 0 aliphatic carbocycles. The molecular formula is C31H30ClN7O2S. The molecule has 1 fully saturated rings. The maximum Gasteiger partial charge on any atom is 0.324 e. The first-order chi connectivity index (χ1) is 20.4. The highest BCUT2D eigenvalue weighted by Gasteiger charge is 2.22. The van der Waals surface area contributed by atoms with Crippen LogP contribution in [0.2, 0.25) is 5.02 Å². The number of benzene rings is 3. The lowest BCUT2D eigenvalue weighted by molar-refractivity contribution is -0.0262. The van der Waals surface area contributed by atoms with Crippen molar-refractivity contribution in [2.24, 2.45) is 12.0 Å². The highest BCUT2D eigenvalue weighted by Crippen LogP contribution is 2.17. The number of amides is 2. The fourth-order valence-electron chi connectivity index (χ4n) is 4.79. The van der Waals surface area contributed by atoms with E-state index in [0.717, 1.165) is 18.8 Å². The molecule has 5 rings (SSSR count). The minimum Gasteiger partial charge on any atom is -0.374 e. The molecule has 0 radical (unpaired) electrons. The standard InChI is InChI=1S/C31H30ClN7O2S/c1-37-29(36-30(40)35-24-8-4-2-5-9-24)27(18-33)28(39(31(37)42)25-10-6-3-7-11-25)34-19-26-21-38(16-17-41-26)20-22-12-14-23(32)15-13-22/h2-15,26H,16-17,19-21H2,1H3,(H2,35,36,40). The summed E-state index contributed by atoms with van der Waals surface area (Å²) in [7, 11) is 1.71. The van der Waals surface area contributed by atoms with Crippen molar-refractivity contribution in [3.05, 3.63) is 111 Å². The van der Waals surface area contributed by atoms with Gasteiger partial charge in [0, 0.05) is 43.1 Å². The van der Waals surface area contributed by atoms with Crippen LogP contribution in [0.1, 0.15) is 11.1 Å². The number of rotatable bonds is 7. The van der Waals surface area contributed by atoms with E-state index in [1.807, 2.05) is 72.8 Å². The highest BCUT2D eigenvalue weighted by atomic mass is 35.5. The summed E-state index contributed by atoms with van der Waals surface area (Å²) in [6.07, 6.45) is -0.192. The molecule has 9 nitrogen and oxygen atoms in total. The maximum atomic E-state index is 12.9. The second-order valence-corrected chi connectivity index (χ2v) is 10.6. The molecule has 2 amide bonds. The van der Waals surface area contributed by atoms with Crippen LogP contribution >= 0.6 is 23.8 Å². The summed E-state index contributed by atoms with van der Waals surface area (Å²) in [6, 6.07) is 28.1. The van der Waals surface area contributed by atoms with Gasteiger partial charge in [0.2, 0.25) is 0 Å². The van der Waals surface area contributed by atoms with E-state index in [-0.39, 0.29) is 17.5 Å². The molecule has 2 heterocycles. The van der Waals surface area contributed by atoms with Gasteiger partial charge in [0.05, 0.1) is 19.3 Å². The highest BCUT2D eigenvalue weighted by molar-refractivity contribution is 7.71. The number of hydrogen-bond acceptors (Lipinski definition) is 6. The monoisotopic (exact) mass is 599 g/mol. The van der Waals surface area contributed by atoms with E-state index in [1.54, 1.807) is 28.3 Å². The Morgan fingerprint density at radius 1 is 1.07 bits per heavy atom. The quantitative estimate of drug-likeness (QED) is 0.273. The van der Waals surface area contributed by atoms with E-state index in [0.29, 0.717) is 40.7 Å². The van der Waals surface area contributed by atoms with Crippen molar-refractivity contribution in [1.29, 1.82) is 5.26 Å². The van der Waals surface area contributed by atoms with Gasteiger partial charge in [-0.05, 0) is 54.2 Å². The molecule has 0 saturated carbocycles. The van der Waals surface area contributed by atoms with Crippen LogP contribution < -0.4 is 16.1 Å². The van der Waals surface area contributed by atoms with Gasteiger partial charge in [-0.3, -0.25) is 19.8 Å². The first-order valence-electron chi connectivity index (χ1n) is 13.5. The number of nitriles is 1. The zero-order valence-corrected chi connectivity index (χ0v) is 24.6. The second-order valence-electron chi connectivity index (χ2n) is 9.81. The normalized spacial score (nSPS) is 15.6. The zero-order valence-electron chi connectivity index (χ0n) is 23.0. The van der Waals surface area contributed by atoms with Gasteiger partial charge >= 0.3 is 6.03 Å². The number of aromatic nitrogens is 2. The summed E-state index contributed by atoms with van der Waals surface area (Å²) >= 11 is 11.9. The van der Waals surface area contributed by atoms with Crippen LogP contribution in [0.3, 0.4) is 0 Å². The molecule has 11 heteroatoms. The Bertz CT molecular complexity index is 1720. The lowest BCUT2D eigenvalue weighted by atomic mass is 10.2. The number of para-hydroxylation sites is 2. The number of hydrogen-bond donors (Lipinski definition) is 2. The SMILES string of the molecule is Cn1c(NC(=O)Nc2ccccc2)c(C#N)c(=NCC2CN(Cc3ccc(Cl)cc3)CCO2)n(-c2ccccc2)c1=S. The molecule has 1 saturated heterocycles. The van der Waals surface area contributed by atoms with Crippen LogP contribution in [-0.2, 0) is 18.3 Å². The summed E-state index contributed by atoms with van der Waals surface area (Å²) in [4.78, 5) is 20.2. The summed E-state index contributed by atoms with van der Waals surface area (Å²) in [5, 5.41) is 16.7. The van der Waals surface area contributed by atoms with E-state index in [1.165, 1.54) is 5.56 Å². The van der Waals surface area contributed by atoms with E-state index in [9.17, 15) is 10.1 Å². The zero-order chi connectivity index (χ0) is 29.5. The number of urea groups is 1. The number of morpholine rings is 1. The molecule has 4 aromatic rings. The van der Waals surface area contributed by atoms with Crippen molar-refractivity contribution in [3.8, 4) is 11.8 Å². The maximum absolute atomic E-state index is 12.9. The number of carbonyl (C=O) groups is 1. The molecule has 1 atom stereocenters. The Labute approximate surface area is 254 Å². The molecule has 214 valence electrons. The Hall–Kier alpha value is -4.27. The fraction of sp³-hybridized carbons (Fsp3) is 0.226. The first kappa shape index (κ1) is 29.2. The van der Waals surface area contributed by atoms with E-state index in [4.69, 9.17) is 33.5 Å². The number of nitrogens with one attached hydrogen (secondary N) is 2. The summed E-state index contributed by atoms with van der Waals surface area (Å²) in [5.41, 5.74) is 3.07. The molecular weight excluding hydrogens is 570 g/mol. The summed E-state index contributed by atoms with van der Waals surface area (Å²) < 4.78 is 9.78. The van der Waals surface area contributed by atoms with Gasteiger partial charge in [-0.2, -0.15) is 5.26 Å². The Kier molecular flexibility index (Phi) is 9.46. The third-order valence-electron chi connectivity index (χ3n) is 6.86. The van der Waals surface area contributed by atoms with Crippen molar-refractivity contribution < 1.29 is 9.53 Å². The van der Waals surface area contributed by atoms with Crippen LogP contribution in [0.25, 0.3) is 5.69 Å². The Balaban J connectivity index is 1.48. The molecule has 2 N–H and O–H groups in total. The van der Waals surface area contributed by atoms with Gasteiger partial charge in [-0.1, -0.05) is 60.1 Å². The van der Waals surface area contributed by atoms with E-state index in [2.05, 4.69) is 21.6 Å². The predicted molar refractivity (Wildman–Crippen MR) is 166 cm³/mol. The number of anilines is 2. The lowest BCUT2D eigenvalue weighted by Crippen LogP contribution is -2.43. The lowest BCUT2D eigenvalue weighted by Gasteiger charge is -2.32. The molecule has 0 spiro atoms. The third kappa shape index (κ3) is 6.95. The van der Waals surface area contributed by atoms with Gasteiger partial charge in [-0.15, -0.1) is 0 Å². The van der Waals surface area contributed by atoms with Crippen molar-refractivity contribution in [3.63, 3.8) is 0 Å². The van der Waals surface area contributed by atoms with Gasteiger partial charge < -0.3 is 14.6 Å². The molecule has 0 bridgehead atoms. The minimum absolute atomic E-state index is 0.187. The number of nitrogens with zero attached hydrogens (tertiary/aromatic N) is 5. The van der Waals surface area contributed by atoms with Crippen LogP contribution in [-0.4, -0.2) is 52.4 Å². The largest absolute Gasteiger partial charge is 0.374 e. The average Bonchev–Trinajstić information content (AvgIpc) is 3.01. The van der Waals surface area contributed by atoms with Crippen molar-refractivity contribution in [1.82, 2.24) is 14.0 Å². The Morgan fingerprint density at radius 2 is 1.76 bits per heavy atom. The number of halogens is 1. The fourth-order valence-corrected chi connectivity index (χ4v) is 5.20. The number of carbonyl (C=O) groups excluding carboxylic acids is 1. The molecule has 1 unspecified atom stereocenters. The molecule has 1 aromatic heterocycles. The molecule has 3 aromatic carbocycles. The minimum atomic E-state index is -0.500. The van der Waals surface area contributed by atoms with Crippen molar-refractivity contribution in [2.75, 3.05) is 36.9 Å². The molecule has 42 heavy (non-hydrogen) atoms. The van der Waals surface area contributed by atoms with Gasteiger partial charge in [-0.25, -0.2) is 4.79 Å². The van der Waals surface area contributed by atoms with Crippen LogP contribution in [0.4, 0.5) is 16.3 Å². The predicted octanol–water partition coefficient (Wildman–Crippen LogP) is 5.52. The Morgan fingerprint density at radius 3 is 2.45 bits per heavy atom. The third-order valence-corrected chi connectivity index (χ3v) is 7.57. The summed E-state index contributed by atoms with van der Waals surface area (Å²) in [5.74, 6) is 0.246. The number of ether oxygens (including phenoxy) is 1. The smallest absolute Gasteiger partial charge is 0.324 e. The van der Waals surface area contributed by atoms with E-state index < -0.39 is 6.03 Å². The first-order valence-corrected chi connectivity index (χ1v) is 14.2. The van der Waals surface area contributed by atoms with Crippen LogP contribution in [0, 0.1) is 16.1 Å². The van der Waals surface area contributed by atoms with E-state index >= 15 is 0 Å². The summed E-state index contributed by atoms with van der Waals surface area (Å²) in [6.45, 7) is 3.11. The van der Waals surface area contributed by atoms with Gasteiger partial charge in [0.15, 0.2) is 10.3 Å². The topological polar surface area (TPSA) is 99.6 Å². The van der Waals surface area contributed by atoms with Crippen LogP contribution in [0.15, 0.2) is 89.9 Å². The van der Waals surface area contributed by atoms with Crippen LogP contribution in [0.5, 0.6) is 0 Å². The van der Waals surface area contributed by atoms with Gasteiger partial charge in [0.1, 0.15) is 17.5 Å². The van der Waals surface area contributed by atoms with Crippen molar-refractivity contribution >= 4 is 41.4 Å². The van der Waals surface area contributed by atoms with Crippen molar-refractivity contribution in [2.45, 2.75) is 12.6 Å². The average molecular weight is 600 g/mol.